The molecule has 2 aliphatic rings. The van der Waals surface area contributed by atoms with Crippen molar-refractivity contribution in [1.82, 2.24) is 15.5 Å². The minimum Gasteiger partial charge on any atom is -0.356 e. The molecule has 4 nitrogen and oxygen atoms in total. The van der Waals surface area contributed by atoms with Crippen LogP contribution in [0.5, 0.6) is 0 Å². The summed E-state index contributed by atoms with van der Waals surface area (Å²) < 4.78 is 0. The van der Waals surface area contributed by atoms with E-state index in [1.165, 1.54) is 36.9 Å². The van der Waals surface area contributed by atoms with Gasteiger partial charge in [0, 0.05) is 32.1 Å². The summed E-state index contributed by atoms with van der Waals surface area (Å²) in [5.74, 6) is 1.57. The monoisotopic (exact) mass is 428 g/mol. The second kappa shape index (κ2) is 8.87. The van der Waals surface area contributed by atoms with Gasteiger partial charge >= 0.3 is 0 Å². The van der Waals surface area contributed by atoms with Crippen LogP contribution in [0.4, 0.5) is 0 Å². The normalized spacial score (nSPS) is 23.7. The van der Waals surface area contributed by atoms with E-state index in [9.17, 15) is 0 Å². The van der Waals surface area contributed by atoms with Crippen molar-refractivity contribution in [2.45, 2.75) is 38.1 Å². The summed E-state index contributed by atoms with van der Waals surface area (Å²) in [4.78, 5) is 6.92. The molecule has 23 heavy (non-hydrogen) atoms. The van der Waals surface area contributed by atoms with E-state index in [1.807, 2.05) is 7.05 Å². The van der Waals surface area contributed by atoms with Crippen LogP contribution in [0.1, 0.15) is 36.8 Å². The molecule has 1 aliphatic carbocycles. The van der Waals surface area contributed by atoms with Gasteiger partial charge in [0.25, 0.3) is 0 Å². The smallest absolute Gasteiger partial charge is 0.191 e. The van der Waals surface area contributed by atoms with Crippen molar-refractivity contribution in [1.29, 1.82) is 0 Å². The molecule has 3 rings (SSSR count). The molecule has 1 fully saturated rings. The topological polar surface area (TPSA) is 39.7 Å². The summed E-state index contributed by atoms with van der Waals surface area (Å²) in [6.07, 6.45) is 3.81. The van der Waals surface area contributed by atoms with Gasteiger partial charge in [0.2, 0.25) is 0 Å². The van der Waals surface area contributed by atoms with E-state index in [4.69, 9.17) is 0 Å². The number of hydrogen-bond donors (Lipinski definition) is 2. The lowest BCUT2D eigenvalue weighted by atomic mass is 9.78. The Hall–Kier alpha value is -0.820. The van der Waals surface area contributed by atoms with Crippen molar-refractivity contribution >= 4 is 29.9 Å². The molecule has 0 aromatic heterocycles. The molecule has 2 unspecified atom stereocenters. The standard InChI is InChI=1S/C18H28N4.HI/c1-3-22-10-6-8-16(22)13-21-18(19-2)20-12-15-11-14-7-4-5-9-17(14)15;/h4-5,7,9,15-16H,3,6,8,10-13H2,1-2H3,(H2,19,20,21);1H. The number of aliphatic imine (C=N–C) groups is 1. The van der Waals surface area contributed by atoms with Gasteiger partial charge in [-0.3, -0.25) is 9.89 Å². The molecule has 0 radical (unpaired) electrons. The van der Waals surface area contributed by atoms with E-state index < -0.39 is 0 Å². The fourth-order valence-corrected chi connectivity index (χ4v) is 3.74. The minimum atomic E-state index is 0. The third kappa shape index (κ3) is 4.38. The van der Waals surface area contributed by atoms with Crippen LogP contribution in [0.25, 0.3) is 0 Å². The first-order chi connectivity index (χ1) is 10.8. The number of benzene rings is 1. The molecule has 0 bridgehead atoms. The summed E-state index contributed by atoms with van der Waals surface area (Å²) >= 11 is 0. The van der Waals surface area contributed by atoms with Crippen LogP contribution in [-0.4, -0.2) is 50.1 Å². The molecule has 2 atom stereocenters. The van der Waals surface area contributed by atoms with Crippen molar-refractivity contribution in [2.24, 2.45) is 4.99 Å². The van der Waals surface area contributed by atoms with Gasteiger partial charge in [0.1, 0.15) is 0 Å². The number of nitrogens with one attached hydrogen (secondary N) is 2. The van der Waals surface area contributed by atoms with Crippen molar-refractivity contribution in [3.8, 4) is 0 Å². The molecule has 1 saturated heterocycles. The zero-order valence-corrected chi connectivity index (χ0v) is 16.5. The lowest BCUT2D eigenvalue weighted by Crippen LogP contribution is -2.46. The van der Waals surface area contributed by atoms with Crippen LogP contribution >= 0.6 is 24.0 Å². The zero-order chi connectivity index (χ0) is 15.4. The third-order valence-corrected chi connectivity index (χ3v) is 5.11. The summed E-state index contributed by atoms with van der Waals surface area (Å²) in [6, 6.07) is 9.41. The fourth-order valence-electron chi connectivity index (χ4n) is 3.74. The van der Waals surface area contributed by atoms with E-state index in [1.54, 1.807) is 0 Å². The van der Waals surface area contributed by atoms with Crippen molar-refractivity contribution in [2.75, 3.05) is 33.2 Å². The Kier molecular flexibility index (Phi) is 7.14. The van der Waals surface area contributed by atoms with Crippen LogP contribution in [0.2, 0.25) is 0 Å². The maximum atomic E-state index is 4.36. The first-order valence-corrected chi connectivity index (χ1v) is 8.58. The number of halogens is 1. The highest BCUT2D eigenvalue weighted by Crippen LogP contribution is 2.33. The Morgan fingerprint density at radius 1 is 1.26 bits per heavy atom. The Labute approximate surface area is 157 Å². The van der Waals surface area contributed by atoms with Gasteiger partial charge in [-0.25, -0.2) is 0 Å². The Morgan fingerprint density at radius 2 is 2.04 bits per heavy atom. The van der Waals surface area contributed by atoms with Crippen LogP contribution < -0.4 is 10.6 Å². The van der Waals surface area contributed by atoms with Gasteiger partial charge in [-0.05, 0) is 43.5 Å². The maximum absolute atomic E-state index is 4.36. The lowest BCUT2D eigenvalue weighted by Gasteiger charge is -2.31. The molecule has 1 aromatic rings. The number of fused-ring (bicyclic) bond motifs is 1. The lowest BCUT2D eigenvalue weighted by molar-refractivity contribution is 0.267. The Morgan fingerprint density at radius 3 is 2.78 bits per heavy atom. The molecule has 1 aromatic carbocycles. The van der Waals surface area contributed by atoms with Gasteiger partial charge in [0.05, 0.1) is 0 Å². The van der Waals surface area contributed by atoms with E-state index in [0.29, 0.717) is 12.0 Å². The number of hydrogen-bond acceptors (Lipinski definition) is 2. The first kappa shape index (κ1) is 18.5. The van der Waals surface area contributed by atoms with Gasteiger partial charge < -0.3 is 10.6 Å². The van der Waals surface area contributed by atoms with Crippen LogP contribution in [0, 0.1) is 0 Å². The number of likely N-dealkylation sites (N-methyl/N-ethyl adjacent to an activating group) is 1. The molecule has 128 valence electrons. The summed E-state index contributed by atoms with van der Waals surface area (Å²) in [6.45, 7) is 6.61. The largest absolute Gasteiger partial charge is 0.356 e. The van der Waals surface area contributed by atoms with Crippen molar-refractivity contribution in [3.05, 3.63) is 35.4 Å². The molecule has 5 heteroatoms. The maximum Gasteiger partial charge on any atom is 0.191 e. The molecule has 0 spiro atoms. The van der Waals surface area contributed by atoms with Gasteiger partial charge in [-0.15, -0.1) is 24.0 Å². The molecule has 1 heterocycles. The first-order valence-electron chi connectivity index (χ1n) is 8.58. The second-order valence-electron chi connectivity index (χ2n) is 6.36. The van der Waals surface area contributed by atoms with Crippen molar-refractivity contribution in [3.63, 3.8) is 0 Å². The fraction of sp³-hybridized carbons (Fsp3) is 0.611. The highest BCUT2D eigenvalue weighted by molar-refractivity contribution is 14.0. The van der Waals surface area contributed by atoms with Gasteiger partial charge in [-0.1, -0.05) is 31.2 Å². The average Bonchev–Trinajstić information content (AvgIpc) is 2.98. The summed E-state index contributed by atoms with van der Waals surface area (Å²) in [7, 11) is 1.86. The average molecular weight is 428 g/mol. The van der Waals surface area contributed by atoms with E-state index in [-0.39, 0.29) is 24.0 Å². The SMILES string of the molecule is CCN1CCCC1CNC(=NC)NCC1Cc2ccccc21.I. The van der Waals surface area contributed by atoms with E-state index in [0.717, 1.165) is 25.6 Å². The van der Waals surface area contributed by atoms with Crippen LogP contribution in [0.3, 0.4) is 0 Å². The molecular formula is C18H29IN4. The Bertz CT molecular complexity index is 532. The van der Waals surface area contributed by atoms with E-state index in [2.05, 4.69) is 51.7 Å². The molecule has 2 N–H and O–H groups in total. The number of nitrogens with zero attached hydrogens (tertiary/aromatic N) is 2. The highest BCUT2D eigenvalue weighted by Gasteiger charge is 2.26. The van der Waals surface area contributed by atoms with Crippen LogP contribution in [0.15, 0.2) is 29.3 Å². The second-order valence-corrected chi connectivity index (χ2v) is 6.36. The highest BCUT2D eigenvalue weighted by atomic mass is 127. The zero-order valence-electron chi connectivity index (χ0n) is 14.2. The quantitative estimate of drug-likeness (QED) is 0.430. The predicted octanol–water partition coefficient (Wildman–Crippen LogP) is 2.59. The summed E-state index contributed by atoms with van der Waals surface area (Å²) in [5, 5.41) is 6.99. The molecule has 0 amide bonds. The summed E-state index contributed by atoms with van der Waals surface area (Å²) in [5.41, 5.74) is 3.00. The molecular weight excluding hydrogens is 399 g/mol. The number of guanidine groups is 1. The van der Waals surface area contributed by atoms with Crippen LogP contribution in [-0.2, 0) is 6.42 Å². The third-order valence-electron chi connectivity index (χ3n) is 5.11. The molecule has 0 saturated carbocycles. The minimum absolute atomic E-state index is 0. The number of likely N-dealkylation sites (tertiary alicyclic amines) is 1. The molecule has 1 aliphatic heterocycles. The predicted molar refractivity (Wildman–Crippen MR) is 108 cm³/mol. The van der Waals surface area contributed by atoms with Gasteiger partial charge in [0.15, 0.2) is 5.96 Å². The van der Waals surface area contributed by atoms with Crippen molar-refractivity contribution < 1.29 is 0 Å². The van der Waals surface area contributed by atoms with E-state index >= 15 is 0 Å². The van der Waals surface area contributed by atoms with Gasteiger partial charge in [-0.2, -0.15) is 0 Å². The Balaban J connectivity index is 0.00000192. The number of rotatable bonds is 5.